The van der Waals surface area contributed by atoms with Gasteiger partial charge < -0.3 is 9.67 Å². The molecule has 2 aromatic rings. The molecule has 100 valence electrons. The Morgan fingerprint density at radius 2 is 1.70 bits per heavy atom. The Labute approximate surface area is 114 Å². The van der Waals surface area contributed by atoms with Gasteiger partial charge in [0.05, 0.1) is 11.1 Å². The zero-order chi connectivity index (χ0) is 14.6. The first-order valence-electron chi connectivity index (χ1n) is 6.05. The third-order valence-corrected chi connectivity index (χ3v) is 3.72. The molecule has 20 heavy (non-hydrogen) atoms. The van der Waals surface area contributed by atoms with Crippen LogP contribution in [0.2, 0.25) is 0 Å². The third kappa shape index (κ3) is 1.40. The lowest BCUT2D eigenvalue weighted by Crippen LogP contribution is -2.29. The van der Waals surface area contributed by atoms with E-state index >= 15 is 0 Å². The number of aromatic nitrogens is 1. The lowest BCUT2D eigenvalue weighted by Gasteiger charge is -2.20. The number of fused-ring (bicyclic) bond motifs is 2. The smallest absolute Gasteiger partial charge is 0.251 e. The van der Waals surface area contributed by atoms with Gasteiger partial charge in [0, 0.05) is 29.9 Å². The SMILES string of the molecule is Cc1c2c(cc(=O)n1C)C(=O)c1cccc(O)c1C2=O. The molecule has 0 bridgehead atoms. The number of hydrogen-bond acceptors (Lipinski definition) is 4. The lowest BCUT2D eigenvalue weighted by atomic mass is 9.83. The molecule has 0 spiro atoms. The highest BCUT2D eigenvalue weighted by molar-refractivity contribution is 6.29. The normalized spacial score (nSPS) is 13.1. The average Bonchev–Trinajstić information content (AvgIpc) is 2.41. The molecule has 1 aromatic carbocycles. The van der Waals surface area contributed by atoms with Crippen molar-refractivity contribution in [3.63, 3.8) is 0 Å². The van der Waals surface area contributed by atoms with Crippen molar-refractivity contribution >= 4 is 11.6 Å². The molecule has 0 aliphatic heterocycles. The first kappa shape index (κ1) is 12.3. The molecule has 0 amide bonds. The maximum Gasteiger partial charge on any atom is 0.251 e. The summed E-state index contributed by atoms with van der Waals surface area (Å²) in [6.45, 7) is 1.61. The lowest BCUT2D eigenvalue weighted by molar-refractivity contribution is 0.0975. The number of rotatable bonds is 0. The first-order chi connectivity index (χ1) is 9.43. The molecule has 1 aliphatic rings. The van der Waals surface area contributed by atoms with Crippen LogP contribution in [-0.2, 0) is 7.05 Å². The number of carbonyl (C=O) groups excluding carboxylic acids is 2. The van der Waals surface area contributed by atoms with Gasteiger partial charge in [-0.25, -0.2) is 0 Å². The number of phenols is 1. The number of benzene rings is 1. The van der Waals surface area contributed by atoms with Crippen molar-refractivity contribution in [2.24, 2.45) is 7.05 Å². The standard InChI is InChI=1S/C15H11NO4/c1-7-12-9(6-11(18)16(7)2)14(19)8-4-3-5-10(17)13(8)15(12)20/h3-6,17H,1-2H3. The number of hydrogen-bond donors (Lipinski definition) is 1. The monoisotopic (exact) mass is 269 g/mol. The Kier molecular flexibility index (Phi) is 2.41. The Morgan fingerprint density at radius 1 is 1.00 bits per heavy atom. The molecule has 5 nitrogen and oxygen atoms in total. The summed E-state index contributed by atoms with van der Waals surface area (Å²) in [5, 5.41) is 9.84. The molecule has 5 heteroatoms. The fourth-order valence-electron chi connectivity index (χ4n) is 2.52. The second kappa shape index (κ2) is 3.90. The van der Waals surface area contributed by atoms with Gasteiger partial charge in [0.15, 0.2) is 11.6 Å². The summed E-state index contributed by atoms with van der Waals surface area (Å²) in [4.78, 5) is 36.7. The highest BCUT2D eigenvalue weighted by Gasteiger charge is 2.34. The van der Waals surface area contributed by atoms with Crippen LogP contribution >= 0.6 is 0 Å². The molecule has 0 unspecified atom stereocenters. The maximum absolute atomic E-state index is 12.5. The summed E-state index contributed by atoms with van der Waals surface area (Å²) in [7, 11) is 1.54. The van der Waals surface area contributed by atoms with Crippen LogP contribution in [-0.4, -0.2) is 21.2 Å². The number of aromatic hydroxyl groups is 1. The van der Waals surface area contributed by atoms with Crippen LogP contribution in [0.3, 0.4) is 0 Å². The molecule has 0 fully saturated rings. The van der Waals surface area contributed by atoms with E-state index in [-0.39, 0.29) is 33.6 Å². The number of nitrogens with zero attached hydrogens (tertiary/aromatic N) is 1. The number of pyridine rings is 1. The van der Waals surface area contributed by atoms with Crippen LogP contribution in [0, 0.1) is 6.92 Å². The summed E-state index contributed by atoms with van der Waals surface area (Å²) >= 11 is 0. The van der Waals surface area contributed by atoms with Crippen molar-refractivity contribution in [1.29, 1.82) is 0 Å². The van der Waals surface area contributed by atoms with E-state index in [0.29, 0.717) is 5.69 Å². The molecule has 1 aromatic heterocycles. The van der Waals surface area contributed by atoms with Crippen LogP contribution in [0.4, 0.5) is 0 Å². The summed E-state index contributed by atoms with van der Waals surface area (Å²) < 4.78 is 1.31. The minimum absolute atomic E-state index is 0.00625. The van der Waals surface area contributed by atoms with Gasteiger partial charge in [-0.1, -0.05) is 12.1 Å². The third-order valence-electron chi connectivity index (χ3n) is 3.72. The predicted molar refractivity (Wildman–Crippen MR) is 71.4 cm³/mol. The topological polar surface area (TPSA) is 76.4 Å². The zero-order valence-corrected chi connectivity index (χ0v) is 10.9. The summed E-state index contributed by atoms with van der Waals surface area (Å²) in [6.07, 6.45) is 0. The zero-order valence-electron chi connectivity index (χ0n) is 10.9. The molecule has 0 radical (unpaired) electrons. The molecule has 1 heterocycles. The second-order valence-corrected chi connectivity index (χ2v) is 4.77. The van der Waals surface area contributed by atoms with E-state index in [2.05, 4.69) is 0 Å². The van der Waals surface area contributed by atoms with E-state index in [9.17, 15) is 19.5 Å². The van der Waals surface area contributed by atoms with Gasteiger partial charge in [-0.05, 0) is 13.0 Å². The second-order valence-electron chi connectivity index (χ2n) is 4.77. The van der Waals surface area contributed by atoms with Gasteiger partial charge in [0.1, 0.15) is 5.75 Å². The van der Waals surface area contributed by atoms with E-state index in [1.807, 2.05) is 0 Å². The van der Waals surface area contributed by atoms with Gasteiger partial charge in [-0.2, -0.15) is 0 Å². The fourth-order valence-corrected chi connectivity index (χ4v) is 2.52. The molecule has 1 aliphatic carbocycles. The highest BCUT2D eigenvalue weighted by Crippen LogP contribution is 2.32. The Morgan fingerprint density at radius 3 is 2.40 bits per heavy atom. The molecular weight excluding hydrogens is 258 g/mol. The summed E-state index contributed by atoms with van der Waals surface area (Å²) in [6, 6.07) is 5.52. The quantitative estimate of drug-likeness (QED) is 0.664. The van der Waals surface area contributed by atoms with Gasteiger partial charge in [0.25, 0.3) is 5.56 Å². The number of ketones is 2. The van der Waals surface area contributed by atoms with Crippen LogP contribution in [0.1, 0.15) is 37.5 Å². The van der Waals surface area contributed by atoms with E-state index in [1.54, 1.807) is 6.92 Å². The van der Waals surface area contributed by atoms with Crippen LogP contribution in [0.15, 0.2) is 29.1 Å². The van der Waals surface area contributed by atoms with Crippen molar-refractivity contribution in [2.75, 3.05) is 0 Å². The molecular formula is C15H11NO4. The van der Waals surface area contributed by atoms with Crippen LogP contribution in [0.5, 0.6) is 5.75 Å². The maximum atomic E-state index is 12.5. The molecule has 0 saturated carbocycles. The Balaban J connectivity index is 2.45. The summed E-state index contributed by atoms with van der Waals surface area (Å²) in [5.41, 5.74) is 0.507. The van der Waals surface area contributed by atoms with E-state index in [4.69, 9.17) is 0 Å². The highest BCUT2D eigenvalue weighted by atomic mass is 16.3. The van der Waals surface area contributed by atoms with Gasteiger partial charge in [0.2, 0.25) is 0 Å². The average molecular weight is 269 g/mol. The minimum Gasteiger partial charge on any atom is -0.507 e. The number of carbonyl (C=O) groups is 2. The van der Waals surface area contributed by atoms with Gasteiger partial charge >= 0.3 is 0 Å². The van der Waals surface area contributed by atoms with Gasteiger partial charge in [-0.3, -0.25) is 14.4 Å². The predicted octanol–water partition coefficient (Wildman–Crippen LogP) is 1.17. The largest absolute Gasteiger partial charge is 0.507 e. The first-order valence-corrected chi connectivity index (χ1v) is 6.05. The van der Waals surface area contributed by atoms with Crippen molar-refractivity contribution < 1.29 is 14.7 Å². The molecule has 1 N–H and O–H groups in total. The van der Waals surface area contributed by atoms with Gasteiger partial charge in [-0.15, -0.1) is 0 Å². The van der Waals surface area contributed by atoms with Crippen molar-refractivity contribution in [2.45, 2.75) is 6.92 Å². The van der Waals surface area contributed by atoms with Crippen LogP contribution < -0.4 is 5.56 Å². The Bertz CT molecular complexity index is 846. The minimum atomic E-state index is -0.430. The van der Waals surface area contributed by atoms with E-state index in [0.717, 1.165) is 0 Å². The molecule has 0 saturated heterocycles. The number of phenolic OH excluding ortho intramolecular Hbond substituents is 1. The van der Waals surface area contributed by atoms with Crippen LogP contribution in [0.25, 0.3) is 0 Å². The Hall–Kier alpha value is -2.69. The molecule has 3 rings (SSSR count). The fraction of sp³-hybridized carbons (Fsp3) is 0.133. The van der Waals surface area contributed by atoms with Crippen molar-refractivity contribution in [3.8, 4) is 5.75 Å². The molecule has 0 atom stereocenters. The van der Waals surface area contributed by atoms with E-state index in [1.165, 1.54) is 35.9 Å². The van der Waals surface area contributed by atoms with E-state index < -0.39 is 11.6 Å². The van der Waals surface area contributed by atoms with Crippen molar-refractivity contribution in [3.05, 3.63) is 62.6 Å². The summed E-state index contributed by atoms with van der Waals surface area (Å²) in [5.74, 6) is -1.06. The van der Waals surface area contributed by atoms with Crippen molar-refractivity contribution in [1.82, 2.24) is 4.57 Å².